The van der Waals surface area contributed by atoms with Crippen LogP contribution in [0.3, 0.4) is 0 Å². The van der Waals surface area contributed by atoms with Crippen molar-refractivity contribution in [1.29, 1.82) is 0 Å². The largest absolute Gasteiger partial charge is 2.00 e. The molecule has 1 aromatic rings. The SMILES string of the molecule is CN=C(/C=C(\C(C)C)C(C)(C)C)N1CCNCC1.C[C-](F)F.Cc1cc[c-]cc1.[U+2]. The molecular formula is C24H39F2N3U. The van der Waals surface area contributed by atoms with Crippen LogP contribution in [0.5, 0.6) is 0 Å². The van der Waals surface area contributed by atoms with Crippen molar-refractivity contribution >= 4 is 5.84 Å². The van der Waals surface area contributed by atoms with E-state index in [0.29, 0.717) is 5.92 Å². The number of nitrogens with zero attached hydrogens (tertiary/aromatic N) is 2. The average molecular weight is 646 g/mol. The quantitative estimate of drug-likeness (QED) is 0.251. The Morgan fingerprint density at radius 3 is 1.97 bits per heavy atom. The van der Waals surface area contributed by atoms with E-state index in [9.17, 15) is 8.78 Å². The molecule has 168 valence electrons. The van der Waals surface area contributed by atoms with Crippen LogP contribution < -0.4 is 5.32 Å². The third kappa shape index (κ3) is 15.2. The van der Waals surface area contributed by atoms with Crippen LogP contribution in [0.4, 0.5) is 8.78 Å². The van der Waals surface area contributed by atoms with Crippen LogP contribution in [-0.2, 0) is 0 Å². The molecule has 0 unspecified atom stereocenters. The predicted octanol–water partition coefficient (Wildman–Crippen LogP) is 5.78. The molecule has 1 N–H and O–H groups in total. The summed E-state index contributed by atoms with van der Waals surface area (Å²) in [6.07, 6.45) is 0.718. The van der Waals surface area contributed by atoms with Crippen LogP contribution in [0, 0.1) is 61.9 Å². The van der Waals surface area contributed by atoms with Crippen LogP contribution in [-0.4, -0.2) is 44.0 Å². The maximum absolute atomic E-state index is 10.2. The average Bonchev–Trinajstić information content (AvgIpc) is 2.62. The summed E-state index contributed by atoms with van der Waals surface area (Å²) in [6.45, 7) is 18.4. The van der Waals surface area contributed by atoms with Gasteiger partial charge in [0.15, 0.2) is 0 Å². The first kappa shape index (κ1) is 31.5. The minimum absolute atomic E-state index is 0. The molecule has 1 aliphatic rings. The normalized spacial score (nSPS) is 15.0. The van der Waals surface area contributed by atoms with Gasteiger partial charge >= 0.3 is 31.1 Å². The molecule has 3 nitrogen and oxygen atoms in total. The molecule has 0 aromatic heterocycles. The second-order valence-corrected chi connectivity index (χ2v) is 8.35. The zero-order valence-electron chi connectivity index (χ0n) is 19.9. The topological polar surface area (TPSA) is 27.6 Å². The number of halogens is 2. The van der Waals surface area contributed by atoms with E-state index in [0.717, 1.165) is 38.9 Å². The summed E-state index contributed by atoms with van der Waals surface area (Å²) in [5.74, 6) is 1.69. The Labute approximate surface area is 207 Å². The van der Waals surface area contributed by atoms with Crippen molar-refractivity contribution in [2.45, 2.75) is 48.5 Å². The zero-order chi connectivity index (χ0) is 22.4. The van der Waals surface area contributed by atoms with Gasteiger partial charge in [0.25, 0.3) is 0 Å². The molecule has 0 radical (unpaired) electrons. The molecule has 0 aliphatic carbocycles. The van der Waals surface area contributed by atoms with Gasteiger partial charge in [0.2, 0.25) is 0 Å². The fourth-order valence-electron chi connectivity index (χ4n) is 3.05. The van der Waals surface area contributed by atoms with Crippen molar-refractivity contribution in [2.24, 2.45) is 16.3 Å². The number of rotatable bonds is 2. The van der Waals surface area contributed by atoms with Crippen molar-refractivity contribution in [1.82, 2.24) is 10.2 Å². The first-order chi connectivity index (χ1) is 13.5. The van der Waals surface area contributed by atoms with E-state index in [2.05, 4.69) is 68.9 Å². The maximum Gasteiger partial charge on any atom is 2.00 e. The zero-order valence-corrected chi connectivity index (χ0v) is 24.1. The Bertz CT molecular complexity index is 600. The summed E-state index contributed by atoms with van der Waals surface area (Å²) in [6, 6.07) is 10.8. The van der Waals surface area contributed by atoms with E-state index in [1.54, 1.807) is 0 Å². The Hall–Kier alpha value is -0.698. The molecule has 1 fully saturated rings. The van der Waals surface area contributed by atoms with Gasteiger partial charge in [0.1, 0.15) is 5.84 Å². The van der Waals surface area contributed by atoms with Crippen molar-refractivity contribution in [3.05, 3.63) is 54.0 Å². The molecule has 0 amide bonds. The third-order valence-corrected chi connectivity index (χ3v) is 4.33. The summed E-state index contributed by atoms with van der Waals surface area (Å²) in [4.78, 5) is 6.87. The molecule has 0 saturated carbocycles. The van der Waals surface area contributed by atoms with E-state index in [1.807, 2.05) is 31.3 Å². The summed E-state index contributed by atoms with van der Waals surface area (Å²) in [5.41, 5.74) is 2.97. The summed E-state index contributed by atoms with van der Waals surface area (Å²) in [5, 5.41) is 3.38. The summed E-state index contributed by atoms with van der Waals surface area (Å²) >= 11 is 0. The molecule has 1 aliphatic heterocycles. The second-order valence-electron chi connectivity index (χ2n) is 8.35. The molecule has 1 aromatic carbocycles. The fourth-order valence-corrected chi connectivity index (χ4v) is 3.05. The first-order valence-electron chi connectivity index (χ1n) is 10.2. The smallest absolute Gasteiger partial charge is 0.422 e. The number of benzene rings is 1. The number of piperazine rings is 1. The van der Waals surface area contributed by atoms with Gasteiger partial charge in [-0.1, -0.05) is 47.1 Å². The number of hydrogen-bond acceptors (Lipinski definition) is 2. The standard InChI is InChI=1S/C15H29N3.C7H7.C2H3F2.U/c1-12(2)13(15(3,4)5)11-14(16-6)18-9-7-17-8-10-18;1-7-5-3-2-4-6-7;1-2(3)4;/h11-12,17H,7-10H2,1-6H3;3-6H,1H3;1H3;/q;2*-1;+2/b13-11+,16-14?;;;. The molecular weight excluding hydrogens is 606 g/mol. The molecule has 1 heterocycles. The first-order valence-corrected chi connectivity index (χ1v) is 10.2. The van der Waals surface area contributed by atoms with Gasteiger partial charge < -0.3 is 19.0 Å². The molecule has 2 rings (SSSR count). The number of aryl methyl sites for hydroxylation is 1. The number of amidine groups is 1. The van der Waals surface area contributed by atoms with Crippen LogP contribution >= 0.6 is 0 Å². The number of hydrogen-bond donors (Lipinski definition) is 1. The van der Waals surface area contributed by atoms with E-state index in [4.69, 9.17) is 0 Å². The fraction of sp³-hybridized carbons (Fsp3) is 0.583. The van der Waals surface area contributed by atoms with Gasteiger partial charge in [0.05, 0.1) is 0 Å². The van der Waals surface area contributed by atoms with E-state index in [-0.39, 0.29) is 36.5 Å². The van der Waals surface area contributed by atoms with E-state index >= 15 is 0 Å². The number of aliphatic imine (C=N–C) groups is 1. The minimum Gasteiger partial charge on any atom is -0.422 e. The van der Waals surface area contributed by atoms with Crippen LogP contribution in [0.25, 0.3) is 0 Å². The van der Waals surface area contributed by atoms with Crippen LogP contribution in [0.15, 0.2) is 40.9 Å². The number of nitrogens with one attached hydrogen (secondary N) is 1. The van der Waals surface area contributed by atoms with Gasteiger partial charge in [-0.2, -0.15) is 35.9 Å². The Balaban J connectivity index is 0. The van der Waals surface area contributed by atoms with Gasteiger partial charge in [-0.05, 0) is 23.8 Å². The third-order valence-electron chi connectivity index (χ3n) is 4.33. The van der Waals surface area contributed by atoms with Gasteiger partial charge in [0, 0.05) is 33.2 Å². The Morgan fingerprint density at radius 1 is 1.20 bits per heavy atom. The predicted molar refractivity (Wildman–Crippen MR) is 121 cm³/mol. The second kappa shape index (κ2) is 16.9. The summed E-state index contributed by atoms with van der Waals surface area (Å²) < 4.78 is 20.5. The van der Waals surface area contributed by atoms with Crippen LogP contribution in [0.2, 0.25) is 0 Å². The van der Waals surface area contributed by atoms with Crippen molar-refractivity contribution in [3.8, 4) is 0 Å². The molecule has 1 saturated heterocycles. The van der Waals surface area contributed by atoms with E-state index in [1.165, 1.54) is 11.1 Å². The molecule has 0 atom stereocenters. The molecule has 30 heavy (non-hydrogen) atoms. The molecule has 6 heteroatoms. The molecule has 0 spiro atoms. The Morgan fingerprint density at radius 2 is 1.67 bits per heavy atom. The van der Waals surface area contributed by atoms with Crippen molar-refractivity contribution in [2.75, 3.05) is 33.2 Å². The van der Waals surface area contributed by atoms with Crippen LogP contribution in [0.1, 0.15) is 47.1 Å². The van der Waals surface area contributed by atoms with Crippen molar-refractivity contribution < 1.29 is 39.9 Å². The maximum atomic E-state index is 10.2. The molecule has 0 bridgehead atoms. The van der Waals surface area contributed by atoms with Gasteiger partial charge in [-0.25, -0.2) is 0 Å². The van der Waals surface area contributed by atoms with Gasteiger partial charge in [-0.15, -0.1) is 6.92 Å². The number of allylic oxidation sites excluding steroid dienone is 1. The van der Waals surface area contributed by atoms with E-state index < -0.39 is 6.43 Å². The summed E-state index contributed by atoms with van der Waals surface area (Å²) in [7, 11) is 1.90. The van der Waals surface area contributed by atoms with Crippen molar-refractivity contribution in [3.63, 3.8) is 0 Å². The Kier molecular flexibility index (Phi) is 17.8. The monoisotopic (exact) mass is 645 g/mol. The van der Waals surface area contributed by atoms with Gasteiger partial charge in [-0.3, -0.25) is 4.99 Å². The minimum atomic E-state index is -1.58.